The maximum atomic E-state index is 12.5. The zero-order valence-corrected chi connectivity index (χ0v) is 13.9. The van der Waals surface area contributed by atoms with Gasteiger partial charge < -0.3 is 10.1 Å². The van der Waals surface area contributed by atoms with E-state index < -0.39 is 0 Å². The second kappa shape index (κ2) is 6.34. The SMILES string of the molecule is N#Cc1cccc(C2(CNC(=O)[C@H]3C[C@@H]3c3ccccc3)COC2)c1. The smallest absolute Gasteiger partial charge is 0.223 e. The molecule has 1 amide bonds. The molecule has 0 bridgehead atoms. The Balaban J connectivity index is 1.40. The molecule has 1 aliphatic heterocycles. The highest BCUT2D eigenvalue weighted by atomic mass is 16.5. The van der Waals surface area contributed by atoms with E-state index in [0.29, 0.717) is 31.2 Å². The lowest BCUT2D eigenvalue weighted by Gasteiger charge is -2.42. The van der Waals surface area contributed by atoms with E-state index in [4.69, 9.17) is 10.00 Å². The number of nitrogens with one attached hydrogen (secondary N) is 1. The summed E-state index contributed by atoms with van der Waals surface area (Å²) < 4.78 is 5.43. The minimum atomic E-state index is -0.209. The van der Waals surface area contributed by atoms with Gasteiger partial charge in [0.2, 0.25) is 5.91 Å². The van der Waals surface area contributed by atoms with Crippen molar-refractivity contribution >= 4 is 5.91 Å². The molecule has 0 unspecified atom stereocenters. The fourth-order valence-electron chi connectivity index (χ4n) is 3.58. The first-order valence-corrected chi connectivity index (χ1v) is 8.63. The van der Waals surface area contributed by atoms with Crippen molar-refractivity contribution in [2.75, 3.05) is 19.8 Å². The van der Waals surface area contributed by atoms with Gasteiger partial charge in [0, 0.05) is 12.5 Å². The van der Waals surface area contributed by atoms with Crippen LogP contribution in [0.4, 0.5) is 0 Å². The fourth-order valence-corrected chi connectivity index (χ4v) is 3.58. The molecule has 1 heterocycles. The molecule has 25 heavy (non-hydrogen) atoms. The highest BCUT2D eigenvalue weighted by Crippen LogP contribution is 2.47. The number of benzene rings is 2. The van der Waals surface area contributed by atoms with Gasteiger partial charge in [-0.05, 0) is 35.6 Å². The first-order chi connectivity index (χ1) is 12.2. The number of carbonyl (C=O) groups excluding carboxylic acids is 1. The van der Waals surface area contributed by atoms with Crippen LogP contribution in [0, 0.1) is 17.2 Å². The van der Waals surface area contributed by atoms with Crippen LogP contribution in [0.3, 0.4) is 0 Å². The Kier molecular flexibility index (Phi) is 4.03. The van der Waals surface area contributed by atoms with Crippen LogP contribution < -0.4 is 5.32 Å². The molecule has 4 nitrogen and oxygen atoms in total. The number of hydrogen-bond donors (Lipinski definition) is 1. The zero-order valence-electron chi connectivity index (χ0n) is 13.9. The maximum Gasteiger partial charge on any atom is 0.223 e. The van der Waals surface area contributed by atoms with Gasteiger partial charge in [0.15, 0.2) is 0 Å². The average molecular weight is 332 g/mol. The molecule has 1 N–H and O–H groups in total. The molecule has 1 saturated heterocycles. The van der Waals surface area contributed by atoms with Crippen molar-refractivity contribution in [1.82, 2.24) is 5.32 Å². The van der Waals surface area contributed by atoms with Crippen LogP contribution in [-0.2, 0) is 14.9 Å². The highest BCUT2D eigenvalue weighted by molar-refractivity contribution is 5.83. The summed E-state index contributed by atoms with van der Waals surface area (Å²) in [5, 5.41) is 12.2. The Hall–Kier alpha value is -2.64. The summed E-state index contributed by atoms with van der Waals surface area (Å²) in [4.78, 5) is 12.5. The third-order valence-corrected chi connectivity index (χ3v) is 5.32. The molecule has 2 atom stereocenters. The number of nitriles is 1. The topological polar surface area (TPSA) is 62.1 Å². The number of carbonyl (C=O) groups is 1. The Morgan fingerprint density at radius 1 is 1.20 bits per heavy atom. The van der Waals surface area contributed by atoms with Gasteiger partial charge in [-0.2, -0.15) is 5.26 Å². The minimum absolute atomic E-state index is 0.0749. The number of amides is 1. The second-order valence-electron chi connectivity index (χ2n) is 7.04. The van der Waals surface area contributed by atoms with E-state index in [2.05, 4.69) is 23.5 Å². The summed E-state index contributed by atoms with van der Waals surface area (Å²) in [6.45, 7) is 1.71. The Morgan fingerprint density at radius 2 is 2.00 bits per heavy atom. The van der Waals surface area contributed by atoms with Crippen molar-refractivity contribution in [2.24, 2.45) is 5.92 Å². The average Bonchev–Trinajstić information content (AvgIpc) is 3.42. The normalized spacial score (nSPS) is 23.2. The molecule has 0 radical (unpaired) electrons. The maximum absolute atomic E-state index is 12.5. The van der Waals surface area contributed by atoms with Gasteiger partial charge in [0.1, 0.15) is 0 Å². The van der Waals surface area contributed by atoms with E-state index in [1.54, 1.807) is 6.07 Å². The monoisotopic (exact) mass is 332 g/mol. The van der Waals surface area contributed by atoms with Crippen LogP contribution in [0.15, 0.2) is 54.6 Å². The van der Waals surface area contributed by atoms with Gasteiger partial charge in [-0.3, -0.25) is 4.79 Å². The zero-order chi connectivity index (χ0) is 17.3. The molecule has 2 aromatic carbocycles. The van der Waals surface area contributed by atoms with Crippen LogP contribution in [0.1, 0.15) is 29.0 Å². The standard InChI is InChI=1S/C21H20N2O2/c22-11-15-5-4-8-17(9-15)21(13-25-14-21)12-23-20(24)19-10-18(19)16-6-2-1-3-7-16/h1-9,18-19H,10,12-14H2,(H,23,24)/t18-,19+/m1/s1. The quantitative estimate of drug-likeness (QED) is 0.916. The molecule has 4 heteroatoms. The first kappa shape index (κ1) is 15.9. The number of rotatable bonds is 5. The van der Waals surface area contributed by atoms with Gasteiger partial charge in [0.25, 0.3) is 0 Å². The third kappa shape index (κ3) is 3.04. The van der Waals surface area contributed by atoms with E-state index >= 15 is 0 Å². The van der Waals surface area contributed by atoms with Crippen LogP contribution >= 0.6 is 0 Å². The van der Waals surface area contributed by atoms with E-state index in [9.17, 15) is 4.79 Å². The molecule has 0 aromatic heterocycles. The largest absolute Gasteiger partial charge is 0.379 e. The molecule has 2 aromatic rings. The van der Waals surface area contributed by atoms with Crippen molar-refractivity contribution in [2.45, 2.75) is 17.8 Å². The van der Waals surface area contributed by atoms with Gasteiger partial charge in [-0.25, -0.2) is 0 Å². The molecule has 1 aliphatic carbocycles. The van der Waals surface area contributed by atoms with E-state index in [1.165, 1.54) is 5.56 Å². The van der Waals surface area contributed by atoms with Crippen molar-refractivity contribution in [3.63, 3.8) is 0 Å². The fraction of sp³-hybridized carbons (Fsp3) is 0.333. The number of hydrogen-bond acceptors (Lipinski definition) is 3. The molecule has 1 saturated carbocycles. The third-order valence-electron chi connectivity index (χ3n) is 5.32. The predicted molar refractivity (Wildman–Crippen MR) is 94.0 cm³/mol. The lowest BCUT2D eigenvalue weighted by molar-refractivity contribution is -0.124. The van der Waals surface area contributed by atoms with Gasteiger partial charge >= 0.3 is 0 Å². The van der Waals surface area contributed by atoms with E-state index in [1.807, 2.05) is 36.4 Å². The molecule has 126 valence electrons. The lowest BCUT2D eigenvalue weighted by atomic mass is 9.78. The molecule has 2 fully saturated rings. The van der Waals surface area contributed by atoms with Crippen LogP contribution in [0.5, 0.6) is 0 Å². The number of ether oxygens (including phenoxy) is 1. The molecule has 2 aliphatic rings. The second-order valence-corrected chi connectivity index (χ2v) is 7.04. The molecule has 0 spiro atoms. The van der Waals surface area contributed by atoms with Crippen LogP contribution in [0.25, 0.3) is 0 Å². The summed E-state index contributed by atoms with van der Waals surface area (Å²) >= 11 is 0. The summed E-state index contributed by atoms with van der Waals surface area (Å²) in [7, 11) is 0. The Labute approximate surface area is 147 Å². The van der Waals surface area contributed by atoms with Gasteiger partial charge in [-0.15, -0.1) is 0 Å². The van der Waals surface area contributed by atoms with E-state index in [0.717, 1.165) is 12.0 Å². The van der Waals surface area contributed by atoms with Crippen molar-refractivity contribution in [1.29, 1.82) is 5.26 Å². The van der Waals surface area contributed by atoms with Crippen molar-refractivity contribution in [3.8, 4) is 6.07 Å². The molecular formula is C21H20N2O2. The van der Waals surface area contributed by atoms with Crippen LogP contribution in [0.2, 0.25) is 0 Å². The van der Waals surface area contributed by atoms with Gasteiger partial charge in [0.05, 0.1) is 30.3 Å². The van der Waals surface area contributed by atoms with E-state index in [-0.39, 0.29) is 17.2 Å². The molecular weight excluding hydrogens is 312 g/mol. The first-order valence-electron chi connectivity index (χ1n) is 8.63. The summed E-state index contributed by atoms with van der Waals surface area (Å²) in [6.07, 6.45) is 0.920. The highest BCUT2D eigenvalue weighted by Gasteiger charge is 2.46. The number of nitrogens with zero attached hydrogens (tertiary/aromatic N) is 1. The minimum Gasteiger partial charge on any atom is -0.379 e. The van der Waals surface area contributed by atoms with Crippen LogP contribution in [-0.4, -0.2) is 25.7 Å². The summed E-state index contributed by atoms with van der Waals surface area (Å²) in [5.41, 5.74) is 2.74. The molecule has 4 rings (SSSR count). The Bertz CT molecular complexity index is 821. The lowest BCUT2D eigenvalue weighted by Crippen LogP contribution is -2.54. The summed E-state index contributed by atoms with van der Waals surface area (Å²) in [5.74, 6) is 0.541. The Morgan fingerprint density at radius 3 is 2.68 bits per heavy atom. The van der Waals surface area contributed by atoms with Gasteiger partial charge in [-0.1, -0.05) is 42.5 Å². The van der Waals surface area contributed by atoms with Crippen molar-refractivity contribution < 1.29 is 9.53 Å². The predicted octanol–water partition coefficient (Wildman–Crippen LogP) is 2.75. The van der Waals surface area contributed by atoms with Crippen molar-refractivity contribution in [3.05, 3.63) is 71.3 Å². The summed E-state index contributed by atoms with van der Waals surface area (Å²) in [6, 6.07) is 20.0.